The summed E-state index contributed by atoms with van der Waals surface area (Å²) in [6.07, 6.45) is -5.90. The van der Waals surface area contributed by atoms with Crippen LogP contribution in [0.3, 0.4) is 0 Å². The summed E-state index contributed by atoms with van der Waals surface area (Å²) in [6.45, 7) is 1.56. The number of carbonyl (C=O) groups excluding carboxylic acids is 3. The average Bonchev–Trinajstić information content (AvgIpc) is 3.43. The second kappa shape index (κ2) is 9.24. The Balaban J connectivity index is 1.31. The monoisotopic (exact) mass is 478 g/mol. The van der Waals surface area contributed by atoms with Gasteiger partial charge >= 0.3 is 12.1 Å². The van der Waals surface area contributed by atoms with Crippen molar-refractivity contribution in [2.24, 2.45) is 5.92 Å². The van der Waals surface area contributed by atoms with Crippen LogP contribution >= 0.6 is 0 Å². The number of nitrogens with zero attached hydrogens (tertiary/aromatic N) is 1. The number of esters is 1. The largest absolute Gasteiger partial charge is 0.454 e. The van der Waals surface area contributed by atoms with Crippen LogP contribution in [-0.2, 0) is 31.8 Å². The Labute approximate surface area is 192 Å². The molecule has 4 rings (SSSR count). The van der Waals surface area contributed by atoms with Crippen molar-refractivity contribution in [3.63, 3.8) is 0 Å². The molecule has 1 saturated heterocycles. The number of benzene rings is 2. The van der Waals surface area contributed by atoms with Gasteiger partial charge in [0.25, 0.3) is 5.91 Å². The van der Waals surface area contributed by atoms with E-state index in [0.29, 0.717) is 11.5 Å². The molecule has 2 heterocycles. The molecule has 0 aliphatic carbocycles. The summed E-state index contributed by atoms with van der Waals surface area (Å²) in [6, 6.07) is 9.54. The van der Waals surface area contributed by atoms with E-state index in [1.165, 1.54) is 19.1 Å². The molecule has 0 spiro atoms. The fourth-order valence-corrected chi connectivity index (χ4v) is 3.67. The Hall–Kier alpha value is -3.76. The van der Waals surface area contributed by atoms with Gasteiger partial charge in [0.15, 0.2) is 17.6 Å². The molecule has 2 atom stereocenters. The Kier molecular flexibility index (Phi) is 6.36. The first-order valence-electron chi connectivity index (χ1n) is 10.5. The second-order valence-corrected chi connectivity index (χ2v) is 7.94. The van der Waals surface area contributed by atoms with Crippen LogP contribution in [0.1, 0.15) is 24.5 Å². The SMILES string of the molecule is C[C@H](OC(=O)[C@H]1CC(=O)N(c2cccc(C(F)(F)F)c2)C1)C(=O)NCc1ccc2c(c1)OCO2. The number of hydrogen-bond acceptors (Lipinski definition) is 6. The lowest BCUT2D eigenvalue weighted by Gasteiger charge is -2.19. The summed E-state index contributed by atoms with van der Waals surface area (Å²) in [7, 11) is 0. The van der Waals surface area contributed by atoms with Crippen LogP contribution < -0.4 is 19.7 Å². The molecule has 180 valence electrons. The third-order valence-corrected chi connectivity index (χ3v) is 5.51. The van der Waals surface area contributed by atoms with E-state index in [4.69, 9.17) is 14.2 Å². The first-order chi connectivity index (χ1) is 16.1. The Morgan fingerprint density at radius 1 is 1.18 bits per heavy atom. The van der Waals surface area contributed by atoms with E-state index in [0.717, 1.165) is 22.6 Å². The predicted molar refractivity (Wildman–Crippen MR) is 112 cm³/mol. The van der Waals surface area contributed by atoms with Crippen molar-refractivity contribution in [2.45, 2.75) is 32.2 Å². The number of hydrogen-bond donors (Lipinski definition) is 1. The molecule has 2 aliphatic rings. The highest BCUT2D eigenvalue weighted by molar-refractivity contribution is 5.99. The van der Waals surface area contributed by atoms with E-state index in [1.54, 1.807) is 18.2 Å². The third kappa shape index (κ3) is 5.08. The molecule has 0 unspecified atom stereocenters. The van der Waals surface area contributed by atoms with Crippen LogP contribution in [0.5, 0.6) is 11.5 Å². The van der Waals surface area contributed by atoms with E-state index in [1.807, 2.05) is 0 Å². The van der Waals surface area contributed by atoms with Crippen molar-refractivity contribution in [1.82, 2.24) is 5.32 Å². The molecule has 0 bridgehead atoms. The Bertz CT molecular complexity index is 1120. The van der Waals surface area contributed by atoms with Gasteiger partial charge in [-0.15, -0.1) is 0 Å². The van der Waals surface area contributed by atoms with Gasteiger partial charge < -0.3 is 24.4 Å². The molecule has 1 fully saturated rings. The summed E-state index contributed by atoms with van der Waals surface area (Å²) in [4.78, 5) is 38.3. The van der Waals surface area contributed by atoms with Gasteiger partial charge in [-0.1, -0.05) is 12.1 Å². The van der Waals surface area contributed by atoms with E-state index in [-0.39, 0.29) is 32.0 Å². The van der Waals surface area contributed by atoms with Gasteiger partial charge in [0.05, 0.1) is 11.5 Å². The average molecular weight is 478 g/mol. The van der Waals surface area contributed by atoms with Gasteiger partial charge in [0, 0.05) is 25.2 Å². The Morgan fingerprint density at radius 2 is 1.94 bits per heavy atom. The van der Waals surface area contributed by atoms with Crippen LogP contribution in [0, 0.1) is 5.92 Å². The zero-order chi connectivity index (χ0) is 24.5. The number of rotatable bonds is 6. The number of anilines is 1. The van der Waals surface area contributed by atoms with Gasteiger partial charge in [0.1, 0.15) is 0 Å². The second-order valence-electron chi connectivity index (χ2n) is 7.94. The van der Waals surface area contributed by atoms with Crippen LogP contribution in [0.4, 0.5) is 18.9 Å². The molecule has 0 saturated carbocycles. The minimum atomic E-state index is -4.56. The zero-order valence-electron chi connectivity index (χ0n) is 18.1. The number of ether oxygens (including phenoxy) is 3. The van der Waals surface area contributed by atoms with Crippen molar-refractivity contribution in [3.8, 4) is 11.5 Å². The van der Waals surface area contributed by atoms with Crippen molar-refractivity contribution in [3.05, 3.63) is 53.6 Å². The van der Waals surface area contributed by atoms with E-state index in [9.17, 15) is 27.6 Å². The zero-order valence-corrected chi connectivity index (χ0v) is 18.1. The van der Waals surface area contributed by atoms with Crippen LogP contribution in [0.15, 0.2) is 42.5 Å². The predicted octanol–water partition coefficient (Wildman–Crippen LogP) is 3.04. The van der Waals surface area contributed by atoms with Crippen molar-refractivity contribution < 1.29 is 41.8 Å². The fraction of sp³-hybridized carbons (Fsp3) is 0.348. The lowest BCUT2D eigenvalue weighted by molar-refractivity contribution is -0.158. The maximum atomic E-state index is 13.0. The number of fused-ring (bicyclic) bond motifs is 1. The first kappa shape index (κ1) is 23.4. The summed E-state index contributed by atoms with van der Waals surface area (Å²) in [5.74, 6) is -1.52. The highest BCUT2D eigenvalue weighted by Gasteiger charge is 2.38. The van der Waals surface area contributed by atoms with Gasteiger partial charge in [-0.2, -0.15) is 13.2 Å². The quantitative estimate of drug-likeness (QED) is 0.642. The van der Waals surface area contributed by atoms with Crippen LogP contribution in [0.25, 0.3) is 0 Å². The molecule has 11 heteroatoms. The van der Waals surface area contributed by atoms with E-state index >= 15 is 0 Å². The van der Waals surface area contributed by atoms with Gasteiger partial charge in [-0.3, -0.25) is 14.4 Å². The Morgan fingerprint density at radius 3 is 2.71 bits per heavy atom. The molecule has 2 aromatic rings. The maximum absolute atomic E-state index is 13.0. The molecule has 8 nitrogen and oxygen atoms in total. The van der Waals surface area contributed by atoms with Crippen LogP contribution in [-0.4, -0.2) is 37.2 Å². The molecular formula is C23H21F3N2O6. The number of nitrogens with one attached hydrogen (secondary N) is 1. The minimum absolute atomic E-state index is 0.0460. The van der Waals surface area contributed by atoms with Gasteiger partial charge in [-0.25, -0.2) is 0 Å². The lowest BCUT2D eigenvalue weighted by atomic mass is 10.1. The van der Waals surface area contributed by atoms with Gasteiger partial charge in [-0.05, 0) is 42.8 Å². The number of halogens is 3. The maximum Gasteiger partial charge on any atom is 0.416 e. The minimum Gasteiger partial charge on any atom is -0.454 e. The fourth-order valence-electron chi connectivity index (χ4n) is 3.67. The number of alkyl halides is 3. The van der Waals surface area contributed by atoms with E-state index < -0.39 is 41.5 Å². The van der Waals surface area contributed by atoms with Gasteiger partial charge in [0.2, 0.25) is 12.7 Å². The molecule has 2 aromatic carbocycles. The molecule has 0 radical (unpaired) electrons. The van der Waals surface area contributed by atoms with Crippen molar-refractivity contribution in [2.75, 3.05) is 18.2 Å². The highest BCUT2D eigenvalue weighted by Crippen LogP contribution is 2.34. The molecule has 2 aliphatic heterocycles. The topological polar surface area (TPSA) is 94.2 Å². The number of amides is 2. The normalized spacial score (nSPS) is 18.1. The molecular weight excluding hydrogens is 457 g/mol. The summed E-state index contributed by atoms with van der Waals surface area (Å²) < 4.78 is 54.7. The van der Waals surface area contributed by atoms with Crippen LogP contribution in [0.2, 0.25) is 0 Å². The first-order valence-corrected chi connectivity index (χ1v) is 10.5. The molecule has 1 N–H and O–H groups in total. The molecule has 0 aromatic heterocycles. The smallest absolute Gasteiger partial charge is 0.416 e. The van der Waals surface area contributed by atoms with E-state index in [2.05, 4.69) is 5.32 Å². The standard InChI is InChI=1S/C23H21F3N2O6/c1-13(21(30)27-10-14-5-6-18-19(7-14)33-12-32-18)34-22(31)15-8-20(29)28(11-15)17-4-2-3-16(9-17)23(24,25)26/h2-7,9,13,15H,8,10-12H2,1H3,(H,27,30)/t13-,15-/m0/s1. The third-order valence-electron chi connectivity index (χ3n) is 5.51. The summed E-state index contributed by atoms with van der Waals surface area (Å²) in [5, 5.41) is 2.65. The van der Waals surface area contributed by atoms with Crippen molar-refractivity contribution in [1.29, 1.82) is 0 Å². The highest BCUT2D eigenvalue weighted by atomic mass is 19.4. The number of carbonyl (C=O) groups is 3. The van der Waals surface area contributed by atoms with Crippen molar-refractivity contribution >= 4 is 23.5 Å². The molecule has 34 heavy (non-hydrogen) atoms. The summed E-state index contributed by atoms with van der Waals surface area (Å²) >= 11 is 0. The lowest BCUT2D eigenvalue weighted by Crippen LogP contribution is -2.37. The molecule has 2 amide bonds. The summed E-state index contributed by atoms with van der Waals surface area (Å²) in [5.41, 5.74) is -0.0875.